The van der Waals surface area contributed by atoms with Crippen LogP contribution in [0.3, 0.4) is 0 Å². The molecule has 5 nitrogen and oxygen atoms in total. The monoisotopic (exact) mass is 238 g/mol. The van der Waals surface area contributed by atoms with Crippen molar-refractivity contribution in [3.8, 4) is 5.75 Å². The lowest BCUT2D eigenvalue weighted by Crippen LogP contribution is -2.13. The highest BCUT2D eigenvalue weighted by Crippen LogP contribution is 2.21. The largest absolute Gasteiger partial charge is 0.485 e. The lowest BCUT2D eigenvalue weighted by molar-refractivity contribution is -0.138. The first-order chi connectivity index (χ1) is 7.97. The van der Waals surface area contributed by atoms with Gasteiger partial charge in [0, 0.05) is 7.05 Å². The second kappa shape index (κ2) is 5.52. The third-order valence-electron chi connectivity index (χ3n) is 2.40. The lowest BCUT2D eigenvalue weighted by Gasteiger charge is -2.08. The normalized spacial score (nSPS) is 10.1. The van der Waals surface area contributed by atoms with Crippen molar-refractivity contribution in [3.63, 3.8) is 0 Å². The first kappa shape index (κ1) is 13.3. The summed E-state index contributed by atoms with van der Waals surface area (Å²) in [5.41, 5.74) is 2.01. The number of aromatic nitrogens is 2. The van der Waals surface area contributed by atoms with Crippen LogP contribution in [0, 0.1) is 13.8 Å². The van der Waals surface area contributed by atoms with Crippen LogP contribution in [0.1, 0.15) is 18.3 Å². The molecule has 0 N–H and O–H groups in total. The van der Waals surface area contributed by atoms with Gasteiger partial charge in [-0.2, -0.15) is 5.10 Å². The highest BCUT2D eigenvalue weighted by Gasteiger charge is 2.13. The van der Waals surface area contributed by atoms with Crippen LogP contribution in [0.4, 0.5) is 0 Å². The van der Waals surface area contributed by atoms with Gasteiger partial charge in [0.05, 0.1) is 17.9 Å². The summed E-state index contributed by atoms with van der Waals surface area (Å²) >= 11 is 0. The SMILES string of the molecule is C=C(COc1c(C)nn(C)c1C)C(=O)OCC. The topological polar surface area (TPSA) is 53.4 Å². The van der Waals surface area contributed by atoms with E-state index in [2.05, 4.69) is 11.7 Å². The Bertz CT molecular complexity index is 435. The first-order valence-corrected chi connectivity index (χ1v) is 5.45. The highest BCUT2D eigenvalue weighted by atomic mass is 16.5. The molecule has 0 aliphatic rings. The zero-order valence-corrected chi connectivity index (χ0v) is 10.7. The third-order valence-corrected chi connectivity index (χ3v) is 2.40. The van der Waals surface area contributed by atoms with Gasteiger partial charge in [-0.3, -0.25) is 4.68 Å². The fraction of sp³-hybridized carbons (Fsp3) is 0.500. The number of hydrogen-bond donors (Lipinski definition) is 0. The second-order valence-electron chi connectivity index (χ2n) is 3.74. The van der Waals surface area contributed by atoms with Crippen molar-refractivity contribution in [2.45, 2.75) is 20.8 Å². The van der Waals surface area contributed by atoms with Crippen LogP contribution in [0.5, 0.6) is 5.75 Å². The number of nitrogens with zero attached hydrogens (tertiary/aromatic N) is 2. The van der Waals surface area contributed by atoms with E-state index in [4.69, 9.17) is 9.47 Å². The zero-order chi connectivity index (χ0) is 13.0. The maximum Gasteiger partial charge on any atom is 0.336 e. The van der Waals surface area contributed by atoms with Crippen LogP contribution in [0.2, 0.25) is 0 Å². The van der Waals surface area contributed by atoms with Crippen LogP contribution >= 0.6 is 0 Å². The Morgan fingerprint density at radius 2 is 2.12 bits per heavy atom. The van der Waals surface area contributed by atoms with Crippen molar-refractivity contribution in [3.05, 3.63) is 23.5 Å². The number of hydrogen-bond acceptors (Lipinski definition) is 4. The van der Waals surface area contributed by atoms with Crippen molar-refractivity contribution in [1.82, 2.24) is 9.78 Å². The van der Waals surface area contributed by atoms with Crippen LogP contribution in [-0.2, 0) is 16.6 Å². The van der Waals surface area contributed by atoms with Gasteiger partial charge < -0.3 is 9.47 Å². The molecule has 0 atom stereocenters. The molecule has 0 aliphatic carbocycles. The Balaban J connectivity index is 2.62. The molecule has 1 heterocycles. The van der Waals surface area contributed by atoms with E-state index in [0.29, 0.717) is 17.9 Å². The van der Waals surface area contributed by atoms with Crippen LogP contribution in [-0.4, -0.2) is 29.0 Å². The van der Waals surface area contributed by atoms with E-state index < -0.39 is 5.97 Å². The summed E-state index contributed by atoms with van der Waals surface area (Å²) in [6, 6.07) is 0. The molecule has 0 unspecified atom stereocenters. The summed E-state index contributed by atoms with van der Waals surface area (Å²) in [6.07, 6.45) is 0. The average Bonchev–Trinajstić information content (AvgIpc) is 2.51. The Labute approximate surface area is 101 Å². The van der Waals surface area contributed by atoms with Gasteiger partial charge in [0.2, 0.25) is 0 Å². The summed E-state index contributed by atoms with van der Waals surface area (Å²) < 4.78 is 12.1. The molecule has 0 aliphatic heterocycles. The first-order valence-electron chi connectivity index (χ1n) is 5.45. The Kier molecular flexibility index (Phi) is 4.31. The molecule has 5 heteroatoms. The number of carbonyl (C=O) groups excluding carboxylic acids is 1. The quantitative estimate of drug-likeness (QED) is 0.576. The van der Waals surface area contributed by atoms with Crippen molar-refractivity contribution < 1.29 is 14.3 Å². The molecule has 1 aromatic rings. The molecule has 0 saturated heterocycles. The van der Waals surface area contributed by atoms with E-state index in [1.165, 1.54) is 0 Å². The molecule has 1 rings (SSSR count). The van der Waals surface area contributed by atoms with E-state index in [0.717, 1.165) is 11.4 Å². The maximum absolute atomic E-state index is 11.3. The minimum atomic E-state index is -0.424. The van der Waals surface area contributed by atoms with E-state index in [9.17, 15) is 4.79 Å². The van der Waals surface area contributed by atoms with Gasteiger partial charge in [0.1, 0.15) is 12.3 Å². The summed E-state index contributed by atoms with van der Waals surface area (Å²) in [5.74, 6) is 0.268. The molecule has 0 saturated carbocycles. The number of carbonyl (C=O) groups is 1. The molecule has 0 spiro atoms. The summed E-state index contributed by atoms with van der Waals surface area (Å²) in [5, 5.41) is 4.22. The van der Waals surface area contributed by atoms with Gasteiger partial charge in [0.15, 0.2) is 5.75 Å². The molecular weight excluding hydrogens is 220 g/mol. The molecule has 0 bridgehead atoms. The summed E-state index contributed by atoms with van der Waals surface area (Å²) in [4.78, 5) is 11.3. The Morgan fingerprint density at radius 3 is 2.59 bits per heavy atom. The standard InChI is InChI=1S/C12H18N2O3/c1-6-16-12(15)8(2)7-17-11-9(3)13-14(5)10(11)4/h2,6-7H2,1,3-5H3. The minimum absolute atomic E-state index is 0.117. The highest BCUT2D eigenvalue weighted by molar-refractivity contribution is 5.88. The van der Waals surface area contributed by atoms with Crippen LogP contribution in [0.25, 0.3) is 0 Å². The molecular formula is C12H18N2O3. The third kappa shape index (κ3) is 3.09. The van der Waals surface area contributed by atoms with Gasteiger partial charge in [0.25, 0.3) is 0 Å². The molecule has 94 valence electrons. The van der Waals surface area contributed by atoms with Gasteiger partial charge >= 0.3 is 5.97 Å². The van der Waals surface area contributed by atoms with E-state index in [1.807, 2.05) is 20.9 Å². The molecule has 0 aromatic carbocycles. The Hall–Kier alpha value is -1.78. The summed E-state index contributed by atoms with van der Waals surface area (Å²) in [6.45, 7) is 9.59. The van der Waals surface area contributed by atoms with Crippen molar-refractivity contribution in [1.29, 1.82) is 0 Å². The van der Waals surface area contributed by atoms with Crippen molar-refractivity contribution >= 4 is 5.97 Å². The van der Waals surface area contributed by atoms with Gasteiger partial charge in [-0.25, -0.2) is 4.79 Å². The van der Waals surface area contributed by atoms with E-state index in [1.54, 1.807) is 11.6 Å². The van der Waals surface area contributed by atoms with Gasteiger partial charge in [-0.05, 0) is 20.8 Å². The Morgan fingerprint density at radius 1 is 1.47 bits per heavy atom. The number of aryl methyl sites for hydroxylation is 2. The second-order valence-corrected chi connectivity index (χ2v) is 3.74. The molecule has 0 fully saturated rings. The lowest BCUT2D eigenvalue weighted by atomic mass is 10.3. The minimum Gasteiger partial charge on any atom is -0.485 e. The molecule has 17 heavy (non-hydrogen) atoms. The van der Waals surface area contributed by atoms with Crippen LogP contribution in [0.15, 0.2) is 12.2 Å². The van der Waals surface area contributed by atoms with Crippen molar-refractivity contribution in [2.24, 2.45) is 7.05 Å². The smallest absolute Gasteiger partial charge is 0.336 e. The fourth-order valence-electron chi connectivity index (χ4n) is 1.41. The predicted octanol–water partition coefficient (Wildman–Crippen LogP) is 1.54. The molecule has 0 radical (unpaired) electrons. The van der Waals surface area contributed by atoms with E-state index in [-0.39, 0.29) is 6.61 Å². The maximum atomic E-state index is 11.3. The predicted molar refractivity (Wildman–Crippen MR) is 64.0 cm³/mol. The molecule has 0 amide bonds. The fourth-order valence-corrected chi connectivity index (χ4v) is 1.41. The van der Waals surface area contributed by atoms with Gasteiger partial charge in [-0.15, -0.1) is 0 Å². The average molecular weight is 238 g/mol. The van der Waals surface area contributed by atoms with Crippen molar-refractivity contribution in [2.75, 3.05) is 13.2 Å². The van der Waals surface area contributed by atoms with E-state index >= 15 is 0 Å². The van der Waals surface area contributed by atoms with Gasteiger partial charge in [-0.1, -0.05) is 6.58 Å². The summed E-state index contributed by atoms with van der Waals surface area (Å²) in [7, 11) is 1.84. The molecule has 1 aromatic heterocycles. The number of rotatable bonds is 5. The number of esters is 1. The van der Waals surface area contributed by atoms with Crippen LogP contribution < -0.4 is 4.74 Å². The zero-order valence-electron chi connectivity index (χ0n) is 10.7. The number of ether oxygens (including phenoxy) is 2.